The van der Waals surface area contributed by atoms with E-state index in [0.717, 1.165) is 36.9 Å². The van der Waals surface area contributed by atoms with Crippen molar-refractivity contribution in [2.24, 2.45) is 11.7 Å². The summed E-state index contributed by atoms with van der Waals surface area (Å²) in [6.45, 7) is 0. The van der Waals surface area contributed by atoms with E-state index in [1.165, 1.54) is 6.42 Å². The SMILES string of the molecule is C#Cc1cccc(NC(=O)C2CCCCCC2N)c1. The van der Waals surface area contributed by atoms with E-state index in [1.807, 2.05) is 18.2 Å². The molecule has 0 aliphatic heterocycles. The van der Waals surface area contributed by atoms with E-state index < -0.39 is 0 Å². The van der Waals surface area contributed by atoms with Gasteiger partial charge in [-0.1, -0.05) is 31.2 Å². The van der Waals surface area contributed by atoms with E-state index in [-0.39, 0.29) is 17.9 Å². The number of nitrogens with two attached hydrogens (primary N) is 1. The highest BCUT2D eigenvalue weighted by atomic mass is 16.1. The lowest BCUT2D eigenvalue weighted by molar-refractivity contribution is -0.120. The monoisotopic (exact) mass is 256 g/mol. The Morgan fingerprint density at radius 2 is 2.11 bits per heavy atom. The topological polar surface area (TPSA) is 55.1 Å². The van der Waals surface area contributed by atoms with Gasteiger partial charge in [0.15, 0.2) is 0 Å². The van der Waals surface area contributed by atoms with E-state index in [2.05, 4.69) is 11.2 Å². The zero-order valence-corrected chi connectivity index (χ0v) is 11.1. The average molecular weight is 256 g/mol. The molecule has 2 rings (SSSR count). The van der Waals surface area contributed by atoms with Crippen molar-refractivity contribution in [1.29, 1.82) is 0 Å². The van der Waals surface area contributed by atoms with Gasteiger partial charge < -0.3 is 11.1 Å². The van der Waals surface area contributed by atoms with Gasteiger partial charge in [-0.3, -0.25) is 4.79 Å². The minimum Gasteiger partial charge on any atom is -0.327 e. The number of nitrogens with one attached hydrogen (secondary N) is 1. The summed E-state index contributed by atoms with van der Waals surface area (Å²) in [6, 6.07) is 7.31. The van der Waals surface area contributed by atoms with Gasteiger partial charge in [-0.2, -0.15) is 0 Å². The first-order chi connectivity index (χ1) is 9.20. The Morgan fingerprint density at radius 1 is 1.32 bits per heavy atom. The van der Waals surface area contributed by atoms with Gasteiger partial charge in [-0.05, 0) is 31.0 Å². The van der Waals surface area contributed by atoms with Crippen molar-refractivity contribution in [2.45, 2.75) is 38.1 Å². The largest absolute Gasteiger partial charge is 0.327 e. The number of amides is 1. The van der Waals surface area contributed by atoms with E-state index in [4.69, 9.17) is 12.2 Å². The Morgan fingerprint density at radius 3 is 2.89 bits per heavy atom. The maximum Gasteiger partial charge on any atom is 0.229 e. The third-order valence-electron chi connectivity index (χ3n) is 3.70. The molecule has 0 saturated heterocycles. The van der Waals surface area contributed by atoms with Crippen LogP contribution in [0.2, 0.25) is 0 Å². The fraction of sp³-hybridized carbons (Fsp3) is 0.438. The molecule has 3 heteroatoms. The van der Waals surface area contributed by atoms with Gasteiger partial charge in [-0.15, -0.1) is 6.42 Å². The normalized spacial score (nSPS) is 23.2. The summed E-state index contributed by atoms with van der Waals surface area (Å²) in [5.41, 5.74) is 7.61. The van der Waals surface area contributed by atoms with Gasteiger partial charge in [0.1, 0.15) is 0 Å². The lowest BCUT2D eigenvalue weighted by Gasteiger charge is -2.20. The van der Waals surface area contributed by atoms with Crippen molar-refractivity contribution in [3.63, 3.8) is 0 Å². The molecule has 3 N–H and O–H groups in total. The van der Waals surface area contributed by atoms with Crippen LogP contribution in [-0.2, 0) is 4.79 Å². The van der Waals surface area contributed by atoms with Crippen LogP contribution in [0.1, 0.15) is 37.7 Å². The number of carbonyl (C=O) groups excluding carboxylic acids is 1. The quantitative estimate of drug-likeness (QED) is 0.631. The summed E-state index contributed by atoms with van der Waals surface area (Å²) in [5.74, 6) is 2.49. The van der Waals surface area contributed by atoms with Crippen molar-refractivity contribution in [2.75, 3.05) is 5.32 Å². The first-order valence-electron chi connectivity index (χ1n) is 6.84. The molecule has 1 saturated carbocycles. The van der Waals surface area contributed by atoms with Crippen molar-refractivity contribution in [3.8, 4) is 12.3 Å². The molecule has 1 amide bonds. The van der Waals surface area contributed by atoms with E-state index in [9.17, 15) is 4.79 Å². The summed E-state index contributed by atoms with van der Waals surface area (Å²) in [6.07, 6.45) is 10.5. The second-order valence-corrected chi connectivity index (χ2v) is 5.12. The number of terminal acetylenes is 1. The molecule has 1 aliphatic rings. The molecule has 1 aromatic rings. The highest BCUT2D eigenvalue weighted by Crippen LogP contribution is 2.23. The Bertz CT molecular complexity index is 490. The molecule has 1 aromatic carbocycles. The Hall–Kier alpha value is -1.79. The summed E-state index contributed by atoms with van der Waals surface area (Å²) in [5, 5.41) is 2.93. The van der Waals surface area contributed by atoms with E-state index in [1.54, 1.807) is 6.07 Å². The summed E-state index contributed by atoms with van der Waals surface area (Å²) in [7, 11) is 0. The van der Waals surface area contributed by atoms with Crippen molar-refractivity contribution < 1.29 is 4.79 Å². The van der Waals surface area contributed by atoms with Gasteiger partial charge in [0.05, 0.1) is 5.92 Å². The molecule has 100 valence electrons. The Labute approximate surface area is 114 Å². The molecule has 0 heterocycles. The molecule has 19 heavy (non-hydrogen) atoms. The van der Waals surface area contributed by atoms with Gasteiger partial charge in [0, 0.05) is 17.3 Å². The molecular weight excluding hydrogens is 236 g/mol. The number of anilines is 1. The third-order valence-corrected chi connectivity index (χ3v) is 3.70. The van der Waals surface area contributed by atoms with Crippen molar-refractivity contribution in [3.05, 3.63) is 29.8 Å². The van der Waals surface area contributed by atoms with Crippen LogP contribution in [0.4, 0.5) is 5.69 Å². The number of benzene rings is 1. The molecule has 0 bridgehead atoms. The smallest absolute Gasteiger partial charge is 0.229 e. The minimum atomic E-state index is -0.0861. The summed E-state index contributed by atoms with van der Waals surface area (Å²) in [4.78, 5) is 12.3. The molecule has 0 radical (unpaired) electrons. The highest BCUT2D eigenvalue weighted by molar-refractivity contribution is 5.93. The first-order valence-corrected chi connectivity index (χ1v) is 6.84. The Balaban J connectivity index is 2.05. The lowest BCUT2D eigenvalue weighted by atomic mass is 9.94. The fourth-order valence-corrected chi connectivity index (χ4v) is 2.58. The van der Waals surface area contributed by atoms with Gasteiger partial charge in [-0.25, -0.2) is 0 Å². The molecule has 1 fully saturated rings. The lowest BCUT2D eigenvalue weighted by Crippen LogP contribution is -2.37. The highest BCUT2D eigenvalue weighted by Gasteiger charge is 2.26. The van der Waals surface area contributed by atoms with E-state index >= 15 is 0 Å². The molecule has 2 atom stereocenters. The zero-order valence-electron chi connectivity index (χ0n) is 11.1. The van der Waals surface area contributed by atoms with Crippen molar-refractivity contribution in [1.82, 2.24) is 0 Å². The van der Waals surface area contributed by atoms with Gasteiger partial charge >= 0.3 is 0 Å². The predicted octanol–water partition coefficient (Wildman–Crippen LogP) is 2.51. The van der Waals surface area contributed by atoms with Crippen LogP contribution in [0, 0.1) is 18.3 Å². The second-order valence-electron chi connectivity index (χ2n) is 5.12. The molecule has 0 spiro atoms. The van der Waals surface area contributed by atoms with Crippen molar-refractivity contribution >= 4 is 11.6 Å². The fourth-order valence-electron chi connectivity index (χ4n) is 2.58. The summed E-state index contributed by atoms with van der Waals surface area (Å²) < 4.78 is 0. The van der Waals surface area contributed by atoms with E-state index in [0.29, 0.717) is 0 Å². The number of rotatable bonds is 2. The Kier molecular flexibility index (Phi) is 4.59. The van der Waals surface area contributed by atoms with Crippen LogP contribution in [0.15, 0.2) is 24.3 Å². The minimum absolute atomic E-state index is 0.0172. The molecule has 1 aliphatic carbocycles. The van der Waals surface area contributed by atoms with Gasteiger partial charge in [0.2, 0.25) is 5.91 Å². The van der Waals surface area contributed by atoms with Crippen LogP contribution in [0.3, 0.4) is 0 Å². The second kappa shape index (κ2) is 6.40. The van der Waals surface area contributed by atoms with Crippen LogP contribution in [0.25, 0.3) is 0 Å². The average Bonchev–Trinajstić information content (AvgIpc) is 2.63. The molecule has 2 unspecified atom stereocenters. The molecule has 0 aromatic heterocycles. The van der Waals surface area contributed by atoms with Crippen LogP contribution in [0.5, 0.6) is 0 Å². The van der Waals surface area contributed by atoms with Crippen LogP contribution < -0.4 is 11.1 Å². The molecular formula is C16H20N2O. The third kappa shape index (κ3) is 3.59. The maximum absolute atomic E-state index is 12.3. The molecule has 3 nitrogen and oxygen atoms in total. The zero-order chi connectivity index (χ0) is 13.7. The standard InChI is InChI=1S/C16H20N2O/c1-2-12-7-6-8-13(11-12)18-16(19)14-9-4-3-5-10-15(14)17/h1,6-8,11,14-15H,3-5,9-10,17H2,(H,18,19). The van der Waals surface area contributed by atoms with Gasteiger partial charge in [0.25, 0.3) is 0 Å². The summed E-state index contributed by atoms with van der Waals surface area (Å²) >= 11 is 0. The maximum atomic E-state index is 12.3. The van der Waals surface area contributed by atoms with Crippen LogP contribution >= 0.6 is 0 Å². The predicted molar refractivity (Wildman–Crippen MR) is 77.6 cm³/mol. The number of carbonyl (C=O) groups is 1. The first kappa shape index (κ1) is 13.6. The number of hydrogen-bond acceptors (Lipinski definition) is 2. The number of hydrogen-bond donors (Lipinski definition) is 2. The van der Waals surface area contributed by atoms with Crippen LogP contribution in [-0.4, -0.2) is 11.9 Å².